The van der Waals surface area contributed by atoms with Crippen LogP contribution in [-0.2, 0) is 0 Å². The van der Waals surface area contributed by atoms with Crippen LogP contribution in [-0.4, -0.2) is 9.97 Å². The van der Waals surface area contributed by atoms with Gasteiger partial charge in [-0.2, -0.15) is 4.39 Å². The zero-order valence-electron chi connectivity index (χ0n) is 4.77. The highest BCUT2D eigenvalue weighted by atomic mass is 19.1. The standard InChI is InChI=1S/C4H4FN3O2/c5-1-2(6)7-4(10)8-3(1)9/h(H4,6,7,8,9,10). The maximum absolute atomic E-state index is 12.3. The molecule has 0 aliphatic heterocycles. The van der Waals surface area contributed by atoms with Crippen molar-refractivity contribution in [3.63, 3.8) is 0 Å². The Balaban J connectivity index is 3.62. The minimum Gasteiger partial charge on any atom is -0.383 e. The second-order valence-corrected chi connectivity index (χ2v) is 1.64. The minimum absolute atomic E-state index is 0.547. The normalized spacial score (nSPS) is 9.70. The molecular weight excluding hydrogens is 141 g/mol. The van der Waals surface area contributed by atoms with Gasteiger partial charge in [-0.05, 0) is 0 Å². The molecule has 54 valence electrons. The van der Waals surface area contributed by atoms with Gasteiger partial charge in [-0.25, -0.2) is 4.79 Å². The fourth-order valence-electron chi connectivity index (χ4n) is 0.489. The fourth-order valence-corrected chi connectivity index (χ4v) is 0.489. The summed E-state index contributed by atoms with van der Waals surface area (Å²) in [6.45, 7) is 0. The molecule has 0 radical (unpaired) electrons. The lowest BCUT2D eigenvalue weighted by Crippen LogP contribution is -2.26. The van der Waals surface area contributed by atoms with E-state index < -0.39 is 22.9 Å². The third kappa shape index (κ3) is 0.903. The molecule has 1 aromatic rings. The molecule has 0 saturated carbocycles. The molecule has 0 atom stereocenters. The van der Waals surface area contributed by atoms with E-state index >= 15 is 0 Å². The fraction of sp³-hybridized carbons (Fsp3) is 0. The summed E-state index contributed by atoms with van der Waals surface area (Å²) in [7, 11) is 0. The van der Waals surface area contributed by atoms with Crippen molar-refractivity contribution in [3.8, 4) is 0 Å². The number of halogens is 1. The summed E-state index contributed by atoms with van der Waals surface area (Å²) in [6.07, 6.45) is 0. The van der Waals surface area contributed by atoms with E-state index in [4.69, 9.17) is 5.73 Å². The maximum Gasteiger partial charge on any atom is 0.327 e. The van der Waals surface area contributed by atoms with Gasteiger partial charge >= 0.3 is 5.69 Å². The maximum atomic E-state index is 12.3. The van der Waals surface area contributed by atoms with E-state index in [1.54, 1.807) is 4.98 Å². The average molecular weight is 145 g/mol. The van der Waals surface area contributed by atoms with Gasteiger partial charge in [-0.1, -0.05) is 0 Å². The Morgan fingerprint density at radius 1 is 1.30 bits per heavy atom. The molecule has 4 N–H and O–H groups in total. The number of aromatic nitrogens is 2. The van der Waals surface area contributed by atoms with Crippen molar-refractivity contribution >= 4 is 5.82 Å². The summed E-state index contributed by atoms with van der Waals surface area (Å²) in [5.41, 5.74) is 2.95. The quantitative estimate of drug-likeness (QED) is 0.427. The first-order valence-corrected chi connectivity index (χ1v) is 2.39. The van der Waals surface area contributed by atoms with Crippen molar-refractivity contribution in [2.75, 3.05) is 5.73 Å². The first-order chi connectivity index (χ1) is 4.61. The summed E-state index contributed by atoms with van der Waals surface area (Å²) in [5, 5.41) is 0. The van der Waals surface area contributed by atoms with Gasteiger partial charge in [0.15, 0.2) is 0 Å². The lowest BCUT2D eigenvalue weighted by atomic mass is 10.6. The second kappa shape index (κ2) is 1.98. The molecule has 6 heteroatoms. The first-order valence-electron chi connectivity index (χ1n) is 2.39. The summed E-state index contributed by atoms with van der Waals surface area (Å²) >= 11 is 0. The van der Waals surface area contributed by atoms with Crippen molar-refractivity contribution in [1.82, 2.24) is 9.97 Å². The topological polar surface area (TPSA) is 91.7 Å². The van der Waals surface area contributed by atoms with Crippen LogP contribution < -0.4 is 17.0 Å². The van der Waals surface area contributed by atoms with Crippen molar-refractivity contribution in [1.29, 1.82) is 0 Å². The second-order valence-electron chi connectivity index (χ2n) is 1.64. The van der Waals surface area contributed by atoms with Crippen LogP contribution in [0.15, 0.2) is 9.59 Å². The van der Waals surface area contributed by atoms with Crippen LogP contribution in [0.1, 0.15) is 0 Å². The van der Waals surface area contributed by atoms with Crippen LogP contribution in [0.3, 0.4) is 0 Å². The molecular formula is C4H4FN3O2. The van der Waals surface area contributed by atoms with Gasteiger partial charge < -0.3 is 5.73 Å². The van der Waals surface area contributed by atoms with E-state index in [0.717, 1.165) is 0 Å². The van der Waals surface area contributed by atoms with Gasteiger partial charge in [0.05, 0.1) is 0 Å². The summed E-state index contributed by atoms with van der Waals surface area (Å²) in [4.78, 5) is 24.2. The van der Waals surface area contributed by atoms with Crippen LogP contribution >= 0.6 is 0 Å². The van der Waals surface area contributed by atoms with E-state index in [0.29, 0.717) is 0 Å². The van der Waals surface area contributed by atoms with Gasteiger partial charge in [-0.3, -0.25) is 14.8 Å². The number of hydrogen-bond acceptors (Lipinski definition) is 3. The Morgan fingerprint density at radius 3 is 2.40 bits per heavy atom. The molecule has 0 fully saturated rings. The number of rotatable bonds is 0. The summed E-state index contributed by atoms with van der Waals surface area (Å²) < 4.78 is 12.3. The third-order valence-electron chi connectivity index (χ3n) is 0.911. The predicted molar refractivity (Wildman–Crippen MR) is 32.1 cm³/mol. The molecule has 1 heterocycles. The number of H-pyrrole nitrogens is 2. The largest absolute Gasteiger partial charge is 0.383 e. The van der Waals surface area contributed by atoms with Gasteiger partial charge in [-0.15, -0.1) is 0 Å². The number of nitrogens with two attached hydrogens (primary N) is 1. The number of nitrogen functional groups attached to an aromatic ring is 1. The number of aromatic amines is 2. The molecule has 0 bridgehead atoms. The van der Waals surface area contributed by atoms with Crippen LogP contribution in [0.25, 0.3) is 0 Å². The molecule has 0 aliphatic carbocycles. The van der Waals surface area contributed by atoms with Gasteiger partial charge in [0, 0.05) is 0 Å². The minimum atomic E-state index is -1.17. The molecule has 0 aromatic carbocycles. The lowest BCUT2D eigenvalue weighted by molar-refractivity contribution is 0.603. The van der Waals surface area contributed by atoms with E-state index in [1.807, 2.05) is 4.98 Å². The lowest BCUT2D eigenvalue weighted by Gasteiger charge is -1.90. The van der Waals surface area contributed by atoms with Crippen molar-refractivity contribution in [2.45, 2.75) is 0 Å². The molecule has 0 saturated heterocycles. The number of hydrogen-bond donors (Lipinski definition) is 3. The van der Waals surface area contributed by atoms with Crippen LogP contribution in [0.4, 0.5) is 10.2 Å². The smallest absolute Gasteiger partial charge is 0.327 e. The molecule has 0 aliphatic rings. The predicted octanol–water partition coefficient (Wildman–Crippen LogP) is -1.22. The van der Waals surface area contributed by atoms with Crippen LogP contribution in [0.5, 0.6) is 0 Å². The van der Waals surface area contributed by atoms with Crippen LogP contribution in [0, 0.1) is 5.82 Å². The molecule has 0 spiro atoms. The summed E-state index contributed by atoms with van der Waals surface area (Å²) in [5.74, 6) is -1.71. The zero-order valence-corrected chi connectivity index (χ0v) is 4.77. The highest BCUT2D eigenvalue weighted by Crippen LogP contribution is 1.91. The molecule has 0 unspecified atom stereocenters. The van der Waals surface area contributed by atoms with E-state index in [2.05, 4.69) is 0 Å². The monoisotopic (exact) mass is 145 g/mol. The van der Waals surface area contributed by atoms with Gasteiger partial charge in [0.1, 0.15) is 5.82 Å². The highest BCUT2D eigenvalue weighted by molar-refractivity contribution is 5.25. The summed E-state index contributed by atoms with van der Waals surface area (Å²) in [6, 6.07) is 0. The Morgan fingerprint density at radius 2 is 1.90 bits per heavy atom. The van der Waals surface area contributed by atoms with Crippen molar-refractivity contribution in [2.24, 2.45) is 0 Å². The molecule has 1 aromatic heterocycles. The number of nitrogens with one attached hydrogen (secondary N) is 2. The molecule has 5 nitrogen and oxygen atoms in total. The molecule has 10 heavy (non-hydrogen) atoms. The van der Waals surface area contributed by atoms with Crippen LogP contribution in [0.2, 0.25) is 0 Å². The SMILES string of the molecule is Nc1[nH]c(=O)[nH]c(=O)c1F. The van der Waals surface area contributed by atoms with E-state index in [9.17, 15) is 14.0 Å². The number of anilines is 1. The molecule has 1 rings (SSSR count). The first kappa shape index (κ1) is 6.53. The van der Waals surface area contributed by atoms with E-state index in [1.165, 1.54) is 0 Å². The highest BCUT2D eigenvalue weighted by Gasteiger charge is 2.02. The van der Waals surface area contributed by atoms with Gasteiger partial charge in [0.2, 0.25) is 5.82 Å². The van der Waals surface area contributed by atoms with E-state index in [-0.39, 0.29) is 0 Å². The Bertz CT molecular complexity index is 352. The van der Waals surface area contributed by atoms with Crippen molar-refractivity contribution < 1.29 is 4.39 Å². The molecule has 0 amide bonds. The zero-order chi connectivity index (χ0) is 7.72. The average Bonchev–Trinajstić information content (AvgIpc) is 1.82. The Hall–Kier alpha value is -1.59. The van der Waals surface area contributed by atoms with Gasteiger partial charge in [0.25, 0.3) is 5.56 Å². The van der Waals surface area contributed by atoms with Crippen molar-refractivity contribution in [3.05, 3.63) is 26.7 Å². The Kier molecular flexibility index (Phi) is 1.29. The third-order valence-corrected chi connectivity index (χ3v) is 0.911. The Labute approximate surface area is 53.7 Å².